The van der Waals surface area contributed by atoms with Crippen LogP contribution in [0.25, 0.3) is 0 Å². The molecule has 1 nitrogen and oxygen atoms in total. The molecule has 2 heteroatoms. The van der Waals surface area contributed by atoms with Crippen LogP contribution < -0.4 is 5.32 Å². The summed E-state index contributed by atoms with van der Waals surface area (Å²) < 4.78 is 14.1. The van der Waals surface area contributed by atoms with Crippen LogP contribution in [0.1, 0.15) is 57.6 Å². The predicted octanol–water partition coefficient (Wildman–Crippen LogP) is 4.69. The predicted molar refractivity (Wildman–Crippen MR) is 78.6 cm³/mol. The third-order valence-corrected chi connectivity index (χ3v) is 4.58. The first-order valence-corrected chi connectivity index (χ1v) is 7.75. The summed E-state index contributed by atoms with van der Waals surface area (Å²) in [5.41, 5.74) is 0.856. The Morgan fingerprint density at radius 2 is 1.95 bits per heavy atom. The number of nitrogens with one attached hydrogen (secondary N) is 1. The first-order chi connectivity index (χ1) is 9.27. The van der Waals surface area contributed by atoms with Crippen molar-refractivity contribution in [2.24, 2.45) is 11.8 Å². The van der Waals surface area contributed by atoms with Gasteiger partial charge in [0.2, 0.25) is 0 Å². The third-order valence-electron chi connectivity index (χ3n) is 4.58. The first kappa shape index (κ1) is 14.5. The zero-order chi connectivity index (χ0) is 13.7. The molecule has 1 saturated carbocycles. The molecule has 0 bridgehead atoms. The smallest absolute Gasteiger partial charge is 0.127 e. The van der Waals surface area contributed by atoms with E-state index < -0.39 is 0 Å². The molecular formula is C17H26FN. The molecule has 3 atom stereocenters. The van der Waals surface area contributed by atoms with Crippen molar-refractivity contribution in [3.05, 3.63) is 35.6 Å². The van der Waals surface area contributed by atoms with Gasteiger partial charge in [0, 0.05) is 11.6 Å². The molecule has 2 rings (SSSR count). The fourth-order valence-electron chi connectivity index (χ4n) is 3.62. The number of benzene rings is 1. The standard InChI is InChI=1S/C17H26FN/c1-3-13-9-5-6-10-14(13)17(19-4-2)15-11-7-8-12-16(15)18/h7-8,11-14,17,19H,3-6,9-10H2,1-2H3. The molecule has 1 fully saturated rings. The van der Waals surface area contributed by atoms with Gasteiger partial charge in [0.1, 0.15) is 5.82 Å². The lowest BCUT2D eigenvalue weighted by Crippen LogP contribution is -2.35. The molecule has 19 heavy (non-hydrogen) atoms. The Balaban J connectivity index is 2.26. The molecule has 0 heterocycles. The van der Waals surface area contributed by atoms with E-state index in [4.69, 9.17) is 0 Å². The summed E-state index contributed by atoms with van der Waals surface area (Å²) in [6.07, 6.45) is 6.37. The molecule has 0 radical (unpaired) electrons. The summed E-state index contributed by atoms with van der Waals surface area (Å²) >= 11 is 0. The van der Waals surface area contributed by atoms with E-state index in [2.05, 4.69) is 19.2 Å². The van der Waals surface area contributed by atoms with E-state index in [0.29, 0.717) is 5.92 Å². The summed E-state index contributed by atoms with van der Waals surface area (Å²) in [6.45, 7) is 5.27. The Hall–Kier alpha value is -0.890. The van der Waals surface area contributed by atoms with Crippen LogP contribution in [0.4, 0.5) is 4.39 Å². The van der Waals surface area contributed by atoms with Gasteiger partial charge in [0.15, 0.2) is 0 Å². The molecule has 1 aromatic carbocycles. The molecule has 3 unspecified atom stereocenters. The summed E-state index contributed by atoms with van der Waals surface area (Å²) in [4.78, 5) is 0. The molecule has 106 valence electrons. The van der Waals surface area contributed by atoms with Crippen LogP contribution in [0.2, 0.25) is 0 Å². The molecular weight excluding hydrogens is 237 g/mol. The van der Waals surface area contributed by atoms with Gasteiger partial charge in [0.25, 0.3) is 0 Å². The van der Waals surface area contributed by atoms with E-state index >= 15 is 0 Å². The molecule has 0 spiro atoms. The topological polar surface area (TPSA) is 12.0 Å². The van der Waals surface area contributed by atoms with Crippen LogP contribution in [0.15, 0.2) is 24.3 Å². The Bertz CT molecular complexity index is 391. The molecule has 1 N–H and O–H groups in total. The largest absolute Gasteiger partial charge is 0.310 e. The van der Waals surface area contributed by atoms with Crippen LogP contribution in [-0.2, 0) is 0 Å². The fourth-order valence-corrected chi connectivity index (χ4v) is 3.62. The second-order valence-electron chi connectivity index (χ2n) is 5.67. The zero-order valence-electron chi connectivity index (χ0n) is 12.2. The fraction of sp³-hybridized carbons (Fsp3) is 0.647. The first-order valence-electron chi connectivity index (χ1n) is 7.75. The minimum Gasteiger partial charge on any atom is -0.310 e. The van der Waals surface area contributed by atoms with Gasteiger partial charge < -0.3 is 5.32 Å². The number of rotatable bonds is 5. The van der Waals surface area contributed by atoms with Crippen molar-refractivity contribution < 1.29 is 4.39 Å². The summed E-state index contributed by atoms with van der Waals surface area (Å²) in [5, 5.41) is 3.53. The molecule has 0 amide bonds. The third kappa shape index (κ3) is 3.36. The number of hydrogen-bond acceptors (Lipinski definition) is 1. The van der Waals surface area contributed by atoms with E-state index in [1.165, 1.54) is 32.1 Å². The van der Waals surface area contributed by atoms with E-state index in [-0.39, 0.29) is 11.9 Å². The monoisotopic (exact) mass is 263 g/mol. The van der Waals surface area contributed by atoms with Crippen molar-refractivity contribution in [2.75, 3.05) is 6.54 Å². The van der Waals surface area contributed by atoms with E-state index in [1.54, 1.807) is 12.1 Å². The molecule has 0 saturated heterocycles. The van der Waals surface area contributed by atoms with Crippen LogP contribution in [-0.4, -0.2) is 6.54 Å². The van der Waals surface area contributed by atoms with Crippen molar-refractivity contribution in [1.29, 1.82) is 0 Å². The van der Waals surface area contributed by atoms with Crippen molar-refractivity contribution >= 4 is 0 Å². The second kappa shape index (κ2) is 7.04. The average molecular weight is 263 g/mol. The zero-order valence-corrected chi connectivity index (χ0v) is 12.2. The Labute approximate surface area is 116 Å². The summed E-state index contributed by atoms with van der Waals surface area (Å²) in [5.74, 6) is 1.25. The van der Waals surface area contributed by atoms with Crippen LogP contribution >= 0.6 is 0 Å². The maximum Gasteiger partial charge on any atom is 0.127 e. The summed E-state index contributed by atoms with van der Waals surface area (Å²) in [7, 11) is 0. The van der Waals surface area contributed by atoms with Gasteiger partial charge in [-0.15, -0.1) is 0 Å². The minimum absolute atomic E-state index is 0.0612. The van der Waals surface area contributed by atoms with Crippen molar-refractivity contribution in [3.63, 3.8) is 0 Å². The van der Waals surface area contributed by atoms with Crippen molar-refractivity contribution in [3.8, 4) is 0 Å². The molecule has 0 aliphatic heterocycles. The maximum absolute atomic E-state index is 14.1. The number of hydrogen-bond donors (Lipinski definition) is 1. The van der Waals surface area contributed by atoms with Crippen LogP contribution in [0, 0.1) is 17.7 Å². The SMILES string of the molecule is CCNC(c1ccccc1F)C1CCCCC1CC. The van der Waals surface area contributed by atoms with Crippen LogP contribution in [0.3, 0.4) is 0 Å². The van der Waals surface area contributed by atoms with Gasteiger partial charge in [-0.25, -0.2) is 4.39 Å². The maximum atomic E-state index is 14.1. The van der Waals surface area contributed by atoms with Gasteiger partial charge in [0.05, 0.1) is 0 Å². The van der Waals surface area contributed by atoms with Crippen molar-refractivity contribution in [2.45, 2.75) is 52.0 Å². The highest BCUT2D eigenvalue weighted by Crippen LogP contribution is 2.40. The summed E-state index contributed by atoms with van der Waals surface area (Å²) in [6, 6.07) is 7.44. The van der Waals surface area contributed by atoms with Crippen LogP contribution in [0.5, 0.6) is 0 Å². The van der Waals surface area contributed by atoms with E-state index in [9.17, 15) is 4.39 Å². The highest BCUT2D eigenvalue weighted by Gasteiger charge is 2.32. The second-order valence-corrected chi connectivity index (χ2v) is 5.67. The Morgan fingerprint density at radius 3 is 2.63 bits per heavy atom. The van der Waals surface area contributed by atoms with Gasteiger partial charge in [-0.1, -0.05) is 57.7 Å². The van der Waals surface area contributed by atoms with Gasteiger partial charge in [-0.2, -0.15) is 0 Å². The molecule has 1 aromatic rings. The highest BCUT2D eigenvalue weighted by atomic mass is 19.1. The van der Waals surface area contributed by atoms with Crippen molar-refractivity contribution in [1.82, 2.24) is 5.32 Å². The molecule has 0 aromatic heterocycles. The lowest BCUT2D eigenvalue weighted by atomic mass is 9.72. The van der Waals surface area contributed by atoms with Gasteiger partial charge in [-0.05, 0) is 30.9 Å². The molecule has 1 aliphatic carbocycles. The van der Waals surface area contributed by atoms with E-state index in [1.807, 2.05) is 12.1 Å². The van der Waals surface area contributed by atoms with Gasteiger partial charge in [-0.3, -0.25) is 0 Å². The minimum atomic E-state index is -0.0612. The highest BCUT2D eigenvalue weighted by molar-refractivity contribution is 5.22. The number of halogens is 1. The lowest BCUT2D eigenvalue weighted by molar-refractivity contribution is 0.174. The van der Waals surface area contributed by atoms with Gasteiger partial charge >= 0.3 is 0 Å². The quantitative estimate of drug-likeness (QED) is 0.812. The average Bonchev–Trinajstić information content (AvgIpc) is 2.46. The Kier molecular flexibility index (Phi) is 5.38. The lowest BCUT2D eigenvalue weighted by Gasteiger charge is -2.37. The van der Waals surface area contributed by atoms with E-state index in [0.717, 1.165) is 18.0 Å². The normalized spacial score (nSPS) is 25.2. The molecule has 1 aliphatic rings. The Morgan fingerprint density at radius 1 is 1.21 bits per heavy atom.